The minimum absolute atomic E-state index is 0.189. The SMILES string of the molecule is CC[C@@H]1C[C@H](n2ccc(N)nc2=O)O[C@@H]1CC. The molecule has 2 rings (SSSR count). The maximum absolute atomic E-state index is 11.7. The number of nitrogen functional groups attached to an aromatic ring is 1. The van der Waals surface area contributed by atoms with E-state index in [9.17, 15) is 4.79 Å². The van der Waals surface area contributed by atoms with Gasteiger partial charge in [0.1, 0.15) is 12.0 Å². The first-order valence-corrected chi connectivity index (χ1v) is 6.15. The second kappa shape index (κ2) is 4.87. The Kier molecular flexibility index (Phi) is 3.47. The van der Waals surface area contributed by atoms with Crippen molar-refractivity contribution >= 4 is 5.82 Å². The zero-order valence-electron chi connectivity index (χ0n) is 10.3. The normalized spacial score (nSPS) is 28.5. The van der Waals surface area contributed by atoms with Crippen molar-refractivity contribution in [2.45, 2.75) is 45.4 Å². The lowest BCUT2D eigenvalue weighted by atomic mass is 9.96. The van der Waals surface area contributed by atoms with Crippen LogP contribution in [0.4, 0.5) is 5.82 Å². The van der Waals surface area contributed by atoms with Gasteiger partial charge in [0.05, 0.1) is 6.10 Å². The number of anilines is 1. The van der Waals surface area contributed by atoms with Gasteiger partial charge >= 0.3 is 5.69 Å². The summed E-state index contributed by atoms with van der Waals surface area (Å²) in [6.07, 6.45) is 4.65. The van der Waals surface area contributed by atoms with E-state index in [1.165, 1.54) is 4.57 Å². The van der Waals surface area contributed by atoms with Crippen molar-refractivity contribution in [3.8, 4) is 0 Å². The zero-order chi connectivity index (χ0) is 12.4. The maximum Gasteiger partial charge on any atom is 0.351 e. The lowest BCUT2D eigenvalue weighted by Gasteiger charge is -2.15. The molecule has 0 bridgehead atoms. The van der Waals surface area contributed by atoms with Gasteiger partial charge in [-0.1, -0.05) is 20.3 Å². The Bertz CT molecular complexity index is 432. The zero-order valence-corrected chi connectivity index (χ0v) is 10.3. The van der Waals surface area contributed by atoms with Crippen molar-refractivity contribution in [1.82, 2.24) is 9.55 Å². The van der Waals surface area contributed by atoms with Crippen molar-refractivity contribution in [1.29, 1.82) is 0 Å². The smallest absolute Gasteiger partial charge is 0.351 e. The molecular formula is C12H19N3O2. The lowest BCUT2D eigenvalue weighted by Crippen LogP contribution is -2.27. The molecule has 3 atom stereocenters. The van der Waals surface area contributed by atoms with Crippen LogP contribution in [0.3, 0.4) is 0 Å². The third-order valence-electron chi connectivity index (χ3n) is 3.45. The van der Waals surface area contributed by atoms with E-state index in [-0.39, 0.29) is 23.8 Å². The third-order valence-corrected chi connectivity index (χ3v) is 3.45. The van der Waals surface area contributed by atoms with Crippen LogP contribution in [0.1, 0.15) is 39.3 Å². The average molecular weight is 237 g/mol. The molecule has 1 aromatic heterocycles. The van der Waals surface area contributed by atoms with E-state index in [1.54, 1.807) is 12.3 Å². The Hall–Kier alpha value is -1.36. The van der Waals surface area contributed by atoms with E-state index in [0.717, 1.165) is 19.3 Å². The molecule has 2 heterocycles. The molecule has 1 fully saturated rings. The molecule has 0 aromatic carbocycles. The number of rotatable bonds is 3. The van der Waals surface area contributed by atoms with E-state index < -0.39 is 0 Å². The average Bonchev–Trinajstić information content (AvgIpc) is 2.72. The van der Waals surface area contributed by atoms with Crippen LogP contribution in [-0.4, -0.2) is 15.7 Å². The fraction of sp³-hybridized carbons (Fsp3) is 0.667. The summed E-state index contributed by atoms with van der Waals surface area (Å²) in [7, 11) is 0. The quantitative estimate of drug-likeness (QED) is 0.865. The molecule has 0 saturated carbocycles. The third kappa shape index (κ3) is 2.34. The van der Waals surface area contributed by atoms with Crippen molar-refractivity contribution < 1.29 is 4.74 Å². The minimum Gasteiger partial charge on any atom is -0.383 e. The minimum atomic E-state index is -0.332. The molecule has 0 spiro atoms. The monoisotopic (exact) mass is 237 g/mol. The number of hydrogen-bond acceptors (Lipinski definition) is 4. The van der Waals surface area contributed by atoms with Crippen molar-refractivity contribution in [3.63, 3.8) is 0 Å². The highest BCUT2D eigenvalue weighted by molar-refractivity contribution is 5.23. The summed E-state index contributed by atoms with van der Waals surface area (Å²) in [6.45, 7) is 4.27. The van der Waals surface area contributed by atoms with Crippen LogP contribution in [0.2, 0.25) is 0 Å². The fourth-order valence-corrected chi connectivity index (χ4v) is 2.46. The number of ether oxygens (including phenoxy) is 1. The van der Waals surface area contributed by atoms with E-state index in [1.807, 2.05) is 0 Å². The predicted octanol–water partition coefficient (Wildman–Crippen LogP) is 1.55. The van der Waals surface area contributed by atoms with Crippen LogP contribution in [-0.2, 0) is 4.74 Å². The van der Waals surface area contributed by atoms with Crippen LogP contribution >= 0.6 is 0 Å². The largest absolute Gasteiger partial charge is 0.383 e. The van der Waals surface area contributed by atoms with Gasteiger partial charge in [-0.05, 0) is 24.8 Å². The van der Waals surface area contributed by atoms with Crippen LogP contribution in [0.25, 0.3) is 0 Å². The molecule has 0 radical (unpaired) electrons. The Morgan fingerprint density at radius 1 is 1.53 bits per heavy atom. The van der Waals surface area contributed by atoms with E-state index in [2.05, 4.69) is 18.8 Å². The molecule has 0 unspecified atom stereocenters. The summed E-state index contributed by atoms with van der Waals surface area (Å²) in [4.78, 5) is 15.4. The first-order valence-electron chi connectivity index (χ1n) is 6.15. The summed E-state index contributed by atoms with van der Waals surface area (Å²) >= 11 is 0. The van der Waals surface area contributed by atoms with Crippen LogP contribution < -0.4 is 11.4 Å². The summed E-state index contributed by atoms with van der Waals surface area (Å²) in [6, 6.07) is 1.63. The van der Waals surface area contributed by atoms with Crippen molar-refractivity contribution in [3.05, 3.63) is 22.7 Å². The molecule has 1 saturated heterocycles. The standard InChI is InChI=1S/C12H19N3O2/c1-3-8-7-11(17-9(8)4-2)15-6-5-10(13)14-12(15)16/h5-6,8-9,11H,3-4,7H2,1-2H3,(H2,13,14,16)/t8-,9-,11-/m1/s1. The van der Waals surface area contributed by atoms with Crippen LogP contribution in [0, 0.1) is 5.92 Å². The Balaban J connectivity index is 2.22. The first kappa shape index (κ1) is 12.1. The highest BCUT2D eigenvalue weighted by Crippen LogP contribution is 2.35. The number of nitrogens with two attached hydrogens (primary N) is 1. The fourth-order valence-electron chi connectivity index (χ4n) is 2.46. The summed E-state index contributed by atoms with van der Waals surface area (Å²) < 4.78 is 7.44. The van der Waals surface area contributed by atoms with Gasteiger partial charge in [0.25, 0.3) is 0 Å². The molecule has 0 aliphatic carbocycles. The number of nitrogens with zero attached hydrogens (tertiary/aromatic N) is 2. The van der Waals surface area contributed by atoms with Gasteiger partial charge in [-0.15, -0.1) is 0 Å². The molecule has 5 heteroatoms. The number of aromatic nitrogens is 2. The van der Waals surface area contributed by atoms with Gasteiger partial charge < -0.3 is 10.5 Å². The Labute approximate surface area is 101 Å². The van der Waals surface area contributed by atoms with Gasteiger partial charge in [0.15, 0.2) is 0 Å². The molecule has 1 aliphatic rings. The first-order chi connectivity index (χ1) is 8.15. The molecule has 94 valence electrons. The maximum atomic E-state index is 11.7. The Morgan fingerprint density at radius 2 is 2.29 bits per heavy atom. The molecular weight excluding hydrogens is 218 g/mol. The summed E-state index contributed by atoms with van der Waals surface area (Å²) in [5.41, 5.74) is 5.14. The van der Waals surface area contributed by atoms with Crippen molar-refractivity contribution in [2.24, 2.45) is 5.92 Å². The van der Waals surface area contributed by atoms with Gasteiger partial charge in [0.2, 0.25) is 0 Å². The molecule has 2 N–H and O–H groups in total. The molecule has 5 nitrogen and oxygen atoms in total. The molecule has 0 amide bonds. The highest BCUT2D eigenvalue weighted by Gasteiger charge is 2.34. The van der Waals surface area contributed by atoms with E-state index in [0.29, 0.717) is 5.92 Å². The molecule has 1 aromatic rings. The highest BCUT2D eigenvalue weighted by atomic mass is 16.5. The van der Waals surface area contributed by atoms with Gasteiger partial charge in [-0.25, -0.2) is 4.79 Å². The topological polar surface area (TPSA) is 70.1 Å². The van der Waals surface area contributed by atoms with Crippen molar-refractivity contribution in [2.75, 3.05) is 5.73 Å². The van der Waals surface area contributed by atoms with E-state index >= 15 is 0 Å². The lowest BCUT2D eigenvalue weighted by molar-refractivity contribution is -0.00880. The summed E-state index contributed by atoms with van der Waals surface area (Å²) in [5.74, 6) is 0.776. The molecule has 17 heavy (non-hydrogen) atoms. The van der Waals surface area contributed by atoms with E-state index in [4.69, 9.17) is 10.5 Å². The second-order valence-corrected chi connectivity index (χ2v) is 4.48. The van der Waals surface area contributed by atoms with Gasteiger partial charge in [0, 0.05) is 6.20 Å². The van der Waals surface area contributed by atoms with Gasteiger partial charge in [-0.2, -0.15) is 4.98 Å². The summed E-state index contributed by atoms with van der Waals surface area (Å²) in [5, 5.41) is 0. The number of hydrogen-bond donors (Lipinski definition) is 1. The predicted molar refractivity (Wildman–Crippen MR) is 65.5 cm³/mol. The second-order valence-electron chi connectivity index (χ2n) is 4.48. The van der Waals surface area contributed by atoms with Crippen LogP contribution in [0.15, 0.2) is 17.1 Å². The Morgan fingerprint density at radius 3 is 2.82 bits per heavy atom. The van der Waals surface area contributed by atoms with Crippen LogP contribution in [0.5, 0.6) is 0 Å². The van der Waals surface area contributed by atoms with Gasteiger partial charge in [-0.3, -0.25) is 4.57 Å². The molecule has 1 aliphatic heterocycles.